The normalized spacial score (nSPS) is 30.7. The van der Waals surface area contributed by atoms with E-state index in [2.05, 4.69) is 12.6 Å². The number of thiocarbonyl (C=S) groups is 1. The summed E-state index contributed by atoms with van der Waals surface area (Å²) in [6.45, 7) is 1.32. The lowest BCUT2D eigenvalue weighted by Crippen LogP contribution is -2.46. The van der Waals surface area contributed by atoms with Crippen LogP contribution in [-0.4, -0.2) is 68.4 Å². The molecule has 0 saturated carbocycles. The van der Waals surface area contributed by atoms with Crippen molar-refractivity contribution in [3.8, 4) is 0 Å². The lowest BCUT2D eigenvalue weighted by Gasteiger charge is -2.34. The third-order valence-corrected chi connectivity index (χ3v) is 7.61. The quantitative estimate of drug-likeness (QED) is 0.573. The van der Waals surface area contributed by atoms with E-state index in [1.807, 2.05) is 6.08 Å². The molecule has 2 heterocycles. The molecule has 1 aliphatic carbocycles. The van der Waals surface area contributed by atoms with Crippen LogP contribution in [0.1, 0.15) is 12.8 Å². The van der Waals surface area contributed by atoms with Crippen LogP contribution in [0.5, 0.6) is 0 Å². The maximum atomic E-state index is 12.9. The van der Waals surface area contributed by atoms with E-state index in [-0.39, 0.29) is 22.4 Å². The number of thioether (sulfide) groups is 2. The average molecular weight is 405 g/mol. The molecule has 0 N–H and O–H groups in total. The van der Waals surface area contributed by atoms with Crippen molar-refractivity contribution < 1.29 is 14.3 Å². The van der Waals surface area contributed by atoms with Crippen molar-refractivity contribution in [1.82, 2.24) is 9.80 Å². The molecule has 2 amide bonds. The predicted octanol–water partition coefficient (Wildman–Crippen LogP) is 1.99. The molecule has 2 aliphatic heterocycles. The first-order valence-electron chi connectivity index (χ1n) is 7.86. The summed E-state index contributed by atoms with van der Waals surface area (Å²) < 4.78 is 6.10. The summed E-state index contributed by atoms with van der Waals surface area (Å²) in [6, 6.07) is 0. The minimum absolute atomic E-state index is 0.0199. The maximum absolute atomic E-state index is 12.9. The van der Waals surface area contributed by atoms with Crippen molar-refractivity contribution in [3.05, 3.63) is 11.6 Å². The molecule has 3 atom stereocenters. The van der Waals surface area contributed by atoms with Crippen LogP contribution >= 0.6 is 48.4 Å². The van der Waals surface area contributed by atoms with Gasteiger partial charge in [-0.05, 0) is 12.8 Å². The Morgan fingerprint density at radius 3 is 2.75 bits per heavy atom. The topological polar surface area (TPSA) is 49.9 Å². The molecule has 3 aliphatic rings. The van der Waals surface area contributed by atoms with E-state index in [0.29, 0.717) is 35.8 Å². The molecule has 24 heavy (non-hydrogen) atoms. The van der Waals surface area contributed by atoms with Crippen LogP contribution in [-0.2, 0) is 14.3 Å². The number of amides is 2. The number of rotatable bonds is 3. The Balaban J connectivity index is 1.79. The van der Waals surface area contributed by atoms with Crippen LogP contribution in [0.15, 0.2) is 11.6 Å². The van der Waals surface area contributed by atoms with E-state index < -0.39 is 6.10 Å². The predicted molar refractivity (Wildman–Crippen MR) is 105 cm³/mol. The molecule has 3 unspecified atom stereocenters. The fourth-order valence-electron chi connectivity index (χ4n) is 3.27. The molecule has 132 valence electrons. The summed E-state index contributed by atoms with van der Waals surface area (Å²) in [4.78, 5) is 29.2. The number of nitrogens with zero attached hydrogens (tertiary/aromatic N) is 2. The highest BCUT2D eigenvalue weighted by Crippen LogP contribution is 2.34. The second kappa shape index (κ2) is 7.99. The summed E-state index contributed by atoms with van der Waals surface area (Å²) in [5.41, 5.74) is 0.585. The van der Waals surface area contributed by atoms with Gasteiger partial charge in [-0.15, -0.1) is 24.4 Å². The van der Waals surface area contributed by atoms with E-state index in [1.54, 1.807) is 28.7 Å². The van der Waals surface area contributed by atoms with Gasteiger partial charge in [0, 0.05) is 37.3 Å². The Morgan fingerprint density at radius 2 is 2.17 bits per heavy atom. The standard InChI is InChI=1S/C15H20N2O3S4/c1-20-11-9(12(18)16-5-7-23-14(16)21)3-2-4-10(11)13(19)17-6-8-24-15(17)22/h3,10-11,14,21H,2,4-8H2,1H3. The number of carbonyl (C=O) groups is 2. The third kappa shape index (κ3) is 3.51. The Kier molecular flexibility index (Phi) is 6.18. The van der Waals surface area contributed by atoms with Gasteiger partial charge in [-0.2, -0.15) is 0 Å². The molecule has 3 rings (SSSR count). The molecule has 0 radical (unpaired) electrons. The van der Waals surface area contributed by atoms with Crippen LogP contribution in [0.3, 0.4) is 0 Å². The minimum atomic E-state index is -0.515. The zero-order chi connectivity index (χ0) is 17.3. The zero-order valence-electron chi connectivity index (χ0n) is 13.3. The SMILES string of the molecule is COC1C(C(=O)N2CCSC2S)=CCCC1C(=O)N1CCSC1=S. The number of thiol groups is 1. The highest BCUT2D eigenvalue weighted by atomic mass is 32.2. The van der Waals surface area contributed by atoms with Crippen LogP contribution in [0.4, 0.5) is 0 Å². The number of carbonyl (C=O) groups excluding carboxylic acids is 2. The molecular formula is C15H20N2O3S4. The molecule has 0 spiro atoms. The summed E-state index contributed by atoms with van der Waals surface area (Å²) in [6.07, 6.45) is 2.78. The minimum Gasteiger partial charge on any atom is -0.376 e. The van der Waals surface area contributed by atoms with Gasteiger partial charge >= 0.3 is 0 Å². The molecule has 0 aromatic heterocycles. The van der Waals surface area contributed by atoms with E-state index in [1.165, 1.54) is 11.8 Å². The smallest absolute Gasteiger partial charge is 0.253 e. The number of methoxy groups -OCH3 is 1. The fraction of sp³-hybridized carbons (Fsp3) is 0.667. The first-order chi connectivity index (χ1) is 11.5. The van der Waals surface area contributed by atoms with Crippen LogP contribution in [0.25, 0.3) is 0 Å². The monoisotopic (exact) mass is 404 g/mol. The second-order valence-corrected chi connectivity index (χ2v) is 9.55. The Labute approximate surface area is 161 Å². The van der Waals surface area contributed by atoms with Gasteiger partial charge in [-0.3, -0.25) is 14.5 Å². The number of ether oxygens (including phenoxy) is 1. The van der Waals surface area contributed by atoms with Gasteiger partial charge in [0.15, 0.2) is 0 Å². The maximum Gasteiger partial charge on any atom is 0.253 e. The van der Waals surface area contributed by atoms with Crippen LogP contribution in [0, 0.1) is 5.92 Å². The van der Waals surface area contributed by atoms with Gasteiger partial charge in [0.05, 0.1) is 12.0 Å². The van der Waals surface area contributed by atoms with E-state index >= 15 is 0 Å². The summed E-state index contributed by atoms with van der Waals surface area (Å²) in [7, 11) is 1.56. The van der Waals surface area contributed by atoms with Gasteiger partial charge in [-0.1, -0.05) is 30.1 Å². The fourth-order valence-corrected chi connectivity index (χ4v) is 5.92. The van der Waals surface area contributed by atoms with E-state index in [4.69, 9.17) is 17.0 Å². The molecule has 0 bridgehead atoms. The van der Waals surface area contributed by atoms with Gasteiger partial charge < -0.3 is 9.64 Å². The molecule has 5 nitrogen and oxygen atoms in total. The largest absolute Gasteiger partial charge is 0.376 e. The molecular weight excluding hydrogens is 384 g/mol. The number of hydrogen-bond acceptors (Lipinski definition) is 7. The average Bonchev–Trinajstić information content (AvgIpc) is 3.21. The number of hydrogen-bond donors (Lipinski definition) is 1. The lowest BCUT2D eigenvalue weighted by atomic mass is 9.84. The Morgan fingerprint density at radius 1 is 1.38 bits per heavy atom. The zero-order valence-corrected chi connectivity index (χ0v) is 16.7. The summed E-state index contributed by atoms with van der Waals surface area (Å²) in [5.74, 6) is 1.27. The van der Waals surface area contributed by atoms with Gasteiger partial charge in [-0.25, -0.2) is 0 Å². The van der Waals surface area contributed by atoms with Crippen molar-refractivity contribution in [2.24, 2.45) is 5.92 Å². The van der Waals surface area contributed by atoms with Gasteiger partial charge in [0.2, 0.25) is 5.91 Å². The first kappa shape index (κ1) is 18.6. The molecule has 2 fully saturated rings. The molecule has 0 aromatic carbocycles. The summed E-state index contributed by atoms with van der Waals surface area (Å²) >= 11 is 12.9. The highest BCUT2D eigenvalue weighted by molar-refractivity contribution is 8.23. The third-order valence-electron chi connectivity index (χ3n) is 4.49. The van der Waals surface area contributed by atoms with Crippen molar-refractivity contribution in [3.63, 3.8) is 0 Å². The molecule has 9 heteroatoms. The van der Waals surface area contributed by atoms with Crippen molar-refractivity contribution >= 4 is 64.5 Å². The van der Waals surface area contributed by atoms with Crippen LogP contribution < -0.4 is 0 Å². The summed E-state index contributed by atoms with van der Waals surface area (Å²) in [5, 5.41) is 0. The van der Waals surface area contributed by atoms with Gasteiger partial charge in [0.1, 0.15) is 9.03 Å². The second-order valence-electron chi connectivity index (χ2n) is 5.80. The van der Waals surface area contributed by atoms with E-state index in [9.17, 15) is 9.59 Å². The number of allylic oxidation sites excluding steroid dienone is 1. The molecule has 2 saturated heterocycles. The van der Waals surface area contributed by atoms with Gasteiger partial charge in [0.25, 0.3) is 5.91 Å². The van der Waals surface area contributed by atoms with Crippen molar-refractivity contribution in [2.45, 2.75) is 23.7 Å². The van der Waals surface area contributed by atoms with Crippen molar-refractivity contribution in [1.29, 1.82) is 0 Å². The highest BCUT2D eigenvalue weighted by Gasteiger charge is 2.42. The Bertz CT molecular complexity index is 583. The molecule has 0 aromatic rings. The first-order valence-corrected chi connectivity index (χ1v) is 10.8. The van der Waals surface area contributed by atoms with Crippen LogP contribution in [0.2, 0.25) is 0 Å². The lowest BCUT2D eigenvalue weighted by molar-refractivity contribution is -0.136. The Hall–Kier alpha value is -0.220. The van der Waals surface area contributed by atoms with Crippen molar-refractivity contribution in [2.75, 3.05) is 31.7 Å². The van der Waals surface area contributed by atoms with E-state index in [0.717, 1.165) is 11.5 Å².